The van der Waals surface area contributed by atoms with Crippen molar-refractivity contribution < 1.29 is 4.79 Å². The Hall–Kier alpha value is -2.82. The molecule has 0 bridgehead atoms. The fraction of sp³-hybridized carbons (Fsp3) is 0.300. The average Bonchev–Trinajstić information content (AvgIpc) is 3.26. The monoisotopic (exact) mass is 334 g/mol. The smallest absolute Gasteiger partial charge is 0.251 e. The number of aryl methyl sites for hydroxylation is 2. The number of amides is 1. The van der Waals surface area contributed by atoms with Crippen LogP contribution < -0.4 is 5.32 Å². The summed E-state index contributed by atoms with van der Waals surface area (Å²) in [5, 5.41) is 7.55. The van der Waals surface area contributed by atoms with Crippen LogP contribution >= 0.6 is 0 Å². The lowest BCUT2D eigenvalue weighted by Crippen LogP contribution is -2.31. The van der Waals surface area contributed by atoms with Gasteiger partial charge in [-0.25, -0.2) is 0 Å². The summed E-state index contributed by atoms with van der Waals surface area (Å²) >= 11 is 0. The zero-order chi connectivity index (χ0) is 17.4. The second kappa shape index (κ2) is 6.24. The zero-order valence-electron chi connectivity index (χ0n) is 14.6. The van der Waals surface area contributed by atoms with Crippen LogP contribution in [0.4, 0.5) is 0 Å². The van der Waals surface area contributed by atoms with Crippen molar-refractivity contribution in [2.24, 2.45) is 7.05 Å². The number of fused-ring (bicyclic) bond motifs is 1. The largest absolute Gasteiger partial charge is 0.345 e. The summed E-state index contributed by atoms with van der Waals surface area (Å²) in [4.78, 5) is 12.8. The van der Waals surface area contributed by atoms with E-state index in [1.54, 1.807) is 0 Å². The molecule has 0 saturated heterocycles. The minimum Gasteiger partial charge on any atom is -0.345 e. The van der Waals surface area contributed by atoms with E-state index in [2.05, 4.69) is 17.3 Å². The predicted molar refractivity (Wildman–Crippen MR) is 96.9 cm³/mol. The van der Waals surface area contributed by atoms with Crippen LogP contribution in [-0.4, -0.2) is 20.3 Å². The summed E-state index contributed by atoms with van der Waals surface area (Å²) < 4.78 is 3.95. The van der Waals surface area contributed by atoms with Crippen molar-refractivity contribution in [2.75, 3.05) is 0 Å². The van der Waals surface area contributed by atoms with Crippen molar-refractivity contribution in [3.63, 3.8) is 0 Å². The van der Waals surface area contributed by atoms with E-state index in [0.717, 1.165) is 36.1 Å². The Morgan fingerprint density at radius 2 is 2.08 bits per heavy atom. The van der Waals surface area contributed by atoms with Crippen LogP contribution in [0.15, 0.2) is 48.9 Å². The van der Waals surface area contributed by atoms with Gasteiger partial charge in [0.2, 0.25) is 0 Å². The lowest BCUT2D eigenvalue weighted by molar-refractivity contribution is 0.0932. The first-order chi connectivity index (χ1) is 12.1. The van der Waals surface area contributed by atoms with Gasteiger partial charge in [0.15, 0.2) is 0 Å². The Kier molecular flexibility index (Phi) is 3.92. The highest BCUT2D eigenvalue weighted by molar-refractivity contribution is 5.95. The van der Waals surface area contributed by atoms with Crippen LogP contribution in [0.3, 0.4) is 0 Å². The molecule has 128 valence electrons. The van der Waals surface area contributed by atoms with E-state index in [1.165, 1.54) is 5.69 Å². The Bertz CT molecular complexity index is 908. The Balaban J connectivity index is 1.59. The van der Waals surface area contributed by atoms with Gasteiger partial charge in [-0.3, -0.25) is 9.48 Å². The second-order valence-electron chi connectivity index (χ2n) is 6.68. The quantitative estimate of drug-likeness (QED) is 0.799. The maximum Gasteiger partial charge on any atom is 0.251 e. The normalized spacial score (nSPS) is 16.5. The first kappa shape index (κ1) is 15.7. The highest BCUT2D eigenvalue weighted by Crippen LogP contribution is 2.29. The number of aromatic nitrogens is 3. The van der Waals surface area contributed by atoms with Crippen molar-refractivity contribution in [1.82, 2.24) is 19.7 Å². The van der Waals surface area contributed by atoms with Crippen LogP contribution in [-0.2, 0) is 13.5 Å². The van der Waals surface area contributed by atoms with Gasteiger partial charge in [-0.1, -0.05) is 6.07 Å². The SMILES string of the molecule is Cc1ccc(C(=O)N[C@H]2CCCc3c2cnn3C)cc1-n1cccc1. The standard InChI is InChI=1S/C20H22N4O/c1-14-8-9-15(12-19(14)24-10-3-4-11-24)20(25)22-17-6-5-7-18-16(17)13-21-23(18)2/h3-4,8-13,17H,5-7H2,1-2H3,(H,22,25)/t17-/m0/s1. The van der Waals surface area contributed by atoms with Crippen LogP contribution in [0.1, 0.15) is 46.1 Å². The van der Waals surface area contributed by atoms with Gasteiger partial charge in [-0.15, -0.1) is 0 Å². The summed E-state index contributed by atoms with van der Waals surface area (Å²) in [5.41, 5.74) is 5.24. The van der Waals surface area contributed by atoms with Crippen LogP contribution in [0.2, 0.25) is 0 Å². The third-order valence-corrected chi connectivity index (χ3v) is 5.03. The third kappa shape index (κ3) is 2.86. The van der Waals surface area contributed by atoms with Gasteiger partial charge in [0.25, 0.3) is 5.91 Å². The summed E-state index contributed by atoms with van der Waals surface area (Å²) in [6.07, 6.45) is 8.93. The molecular weight excluding hydrogens is 312 g/mol. The Morgan fingerprint density at radius 1 is 1.28 bits per heavy atom. The molecule has 2 heterocycles. The van der Waals surface area contributed by atoms with E-state index in [-0.39, 0.29) is 11.9 Å². The van der Waals surface area contributed by atoms with Crippen molar-refractivity contribution in [2.45, 2.75) is 32.2 Å². The van der Waals surface area contributed by atoms with E-state index in [4.69, 9.17) is 0 Å². The topological polar surface area (TPSA) is 51.9 Å². The lowest BCUT2D eigenvalue weighted by Gasteiger charge is -2.24. The fourth-order valence-corrected chi connectivity index (χ4v) is 3.62. The number of nitrogens with one attached hydrogen (secondary N) is 1. The van der Waals surface area contributed by atoms with Gasteiger partial charge in [-0.2, -0.15) is 5.10 Å². The number of carbonyl (C=O) groups is 1. The molecule has 0 fully saturated rings. The lowest BCUT2D eigenvalue weighted by atomic mass is 9.92. The van der Waals surface area contributed by atoms with E-state index in [1.807, 2.05) is 65.2 Å². The molecule has 1 N–H and O–H groups in total. The molecular formula is C20H22N4O. The van der Waals surface area contributed by atoms with Gasteiger partial charge in [0.05, 0.1) is 12.2 Å². The maximum atomic E-state index is 12.8. The first-order valence-electron chi connectivity index (χ1n) is 8.69. The van der Waals surface area contributed by atoms with Crippen LogP contribution in [0.25, 0.3) is 5.69 Å². The summed E-state index contributed by atoms with van der Waals surface area (Å²) in [6, 6.07) is 9.86. The number of hydrogen-bond acceptors (Lipinski definition) is 2. The van der Waals surface area contributed by atoms with Crippen LogP contribution in [0.5, 0.6) is 0 Å². The molecule has 1 amide bonds. The molecule has 5 nitrogen and oxygen atoms in total. The van der Waals surface area contributed by atoms with Gasteiger partial charge < -0.3 is 9.88 Å². The minimum atomic E-state index is -0.0323. The highest BCUT2D eigenvalue weighted by Gasteiger charge is 2.25. The molecule has 0 aliphatic heterocycles. The molecule has 25 heavy (non-hydrogen) atoms. The Labute approximate surface area is 147 Å². The Morgan fingerprint density at radius 3 is 2.88 bits per heavy atom. The molecule has 0 saturated carbocycles. The van der Waals surface area contributed by atoms with Gasteiger partial charge in [0.1, 0.15) is 0 Å². The van der Waals surface area contributed by atoms with Crippen molar-refractivity contribution in [3.8, 4) is 5.69 Å². The van der Waals surface area contributed by atoms with Crippen molar-refractivity contribution >= 4 is 5.91 Å². The number of nitrogens with zero attached hydrogens (tertiary/aromatic N) is 3. The number of carbonyl (C=O) groups excluding carboxylic acids is 1. The molecule has 1 atom stereocenters. The summed E-state index contributed by atoms with van der Waals surface area (Å²) in [6.45, 7) is 2.06. The second-order valence-corrected chi connectivity index (χ2v) is 6.68. The van der Waals surface area contributed by atoms with Crippen molar-refractivity contribution in [3.05, 3.63) is 71.3 Å². The van der Waals surface area contributed by atoms with Gasteiger partial charge in [0, 0.05) is 41.9 Å². The van der Waals surface area contributed by atoms with Crippen molar-refractivity contribution in [1.29, 1.82) is 0 Å². The maximum absolute atomic E-state index is 12.8. The molecule has 1 aromatic carbocycles. The molecule has 3 aromatic rings. The van der Waals surface area contributed by atoms with E-state index < -0.39 is 0 Å². The van der Waals surface area contributed by atoms with E-state index in [9.17, 15) is 4.79 Å². The minimum absolute atomic E-state index is 0.0323. The highest BCUT2D eigenvalue weighted by atomic mass is 16.1. The summed E-state index contributed by atoms with van der Waals surface area (Å²) in [5.74, 6) is -0.0323. The zero-order valence-corrected chi connectivity index (χ0v) is 14.6. The first-order valence-corrected chi connectivity index (χ1v) is 8.69. The molecule has 2 aromatic heterocycles. The molecule has 0 radical (unpaired) electrons. The molecule has 0 spiro atoms. The number of rotatable bonds is 3. The third-order valence-electron chi connectivity index (χ3n) is 5.03. The van der Waals surface area contributed by atoms with E-state index in [0.29, 0.717) is 5.56 Å². The number of hydrogen-bond donors (Lipinski definition) is 1. The van der Waals surface area contributed by atoms with E-state index >= 15 is 0 Å². The predicted octanol–water partition coefficient (Wildman–Crippen LogP) is 3.33. The van der Waals surface area contributed by atoms with Crippen LogP contribution in [0, 0.1) is 6.92 Å². The average molecular weight is 334 g/mol. The molecule has 4 rings (SSSR count). The molecule has 5 heteroatoms. The molecule has 1 aliphatic rings. The van der Waals surface area contributed by atoms with Gasteiger partial charge in [-0.05, 0) is 56.0 Å². The number of benzene rings is 1. The molecule has 1 aliphatic carbocycles. The molecule has 0 unspecified atom stereocenters. The summed E-state index contributed by atoms with van der Waals surface area (Å²) in [7, 11) is 1.96. The van der Waals surface area contributed by atoms with Gasteiger partial charge >= 0.3 is 0 Å². The fourth-order valence-electron chi connectivity index (χ4n) is 3.62.